The van der Waals surface area contributed by atoms with Crippen LogP contribution in [0.3, 0.4) is 0 Å². The predicted octanol–water partition coefficient (Wildman–Crippen LogP) is 3.67. The topological polar surface area (TPSA) is 116 Å². The van der Waals surface area contributed by atoms with E-state index in [1.54, 1.807) is 26.0 Å². The third-order valence-corrected chi connectivity index (χ3v) is 7.96. The van der Waals surface area contributed by atoms with E-state index in [2.05, 4.69) is 0 Å². The Morgan fingerprint density at radius 3 is 2.16 bits per heavy atom. The van der Waals surface area contributed by atoms with Crippen molar-refractivity contribution in [3.8, 4) is 0 Å². The van der Waals surface area contributed by atoms with Crippen LogP contribution in [0.5, 0.6) is 0 Å². The molecule has 0 spiro atoms. The summed E-state index contributed by atoms with van der Waals surface area (Å²) in [6.07, 6.45) is 10.1. The summed E-state index contributed by atoms with van der Waals surface area (Å²) in [7, 11) is 0. The lowest BCUT2D eigenvalue weighted by Crippen LogP contribution is -2.57. The Balaban J connectivity index is 1.53. The van der Waals surface area contributed by atoms with Crippen molar-refractivity contribution < 1.29 is 19.7 Å². The van der Waals surface area contributed by atoms with Crippen LogP contribution in [0.2, 0.25) is 0 Å². The number of aliphatic hydroxyl groups is 2. The molecule has 0 aromatic carbocycles. The number of hydrogen-bond acceptors (Lipinski definition) is 8. The van der Waals surface area contributed by atoms with Crippen molar-refractivity contribution in [1.82, 2.24) is 0 Å². The van der Waals surface area contributed by atoms with Crippen molar-refractivity contribution in [2.24, 2.45) is 25.4 Å². The number of aliphatic imine (C=N–C) groups is 4. The minimum absolute atomic E-state index is 0.116. The Labute approximate surface area is 221 Å². The van der Waals surface area contributed by atoms with Gasteiger partial charge in [-0.3, -0.25) is 4.79 Å². The van der Waals surface area contributed by atoms with Gasteiger partial charge in [-0.05, 0) is 93.9 Å². The molecule has 0 saturated carbocycles. The summed E-state index contributed by atoms with van der Waals surface area (Å²) in [6.45, 7) is 9.47. The second-order valence-electron chi connectivity index (χ2n) is 10.9. The molecule has 2 N–H and O–H groups in total. The highest BCUT2D eigenvalue weighted by molar-refractivity contribution is 6.28. The molecule has 6 rings (SSSR count). The van der Waals surface area contributed by atoms with Crippen molar-refractivity contribution in [3.05, 3.63) is 82.0 Å². The molecule has 0 radical (unpaired) electrons. The lowest BCUT2D eigenvalue weighted by molar-refractivity contribution is -0.187. The quantitative estimate of drug-likeness (QED) is 0.560. The molecule has 194 valence electrons. The van der Waals surface area contributed by atoms with Crippen LogP contribution in [0.25, 0.3) is 0 Å². The molecule has 1 saturated heterocycles. The van der Waals surface area contributed by atoms with Gasteiger partial charge in [0.1, 0.15) is 17.2 Å². The molecule has 0 aromatic rings. The highest BCUT2D eigenvalue weighted by Crippen LogP contribution is 2.43. The van der Waals surface area contributed by atoms with E-state index in [1.807, 2.05) is 51.2 Å². The molecule has 8 nitrogen and oxygen atoms in total. The first-order valence-corrected chi connectivity index (χ1v) is 12.9. The average molecular weight is 511 g/mol. The zero-order valence-electron chi connectivity index (χ0n) is 22.1. The standard InChI is InChI=1S/C30H30N4O4/c1-14-8-20-11-27-30(5,29-26(36)13-25(35)17(4)38-29)28(37)24(34-27)10-19-7-16(3)23(32-19)12-22-15(2)6-18(31-22)9-21(14)33-20/h6-12,17,25-26,29,35-36H,13H2,1-5H3/t17-,25-,26-,29-,30+/m1/s1. The maximum absolute atomic E-state index is 14.0. The van der Waals surface area contributed by atoms with Crippen LogP contribution in [-0.4, -0.2) is 63.3 Å². The van der Waals surface area contributed by atoms with E-state index in [9.17, 15) is 15.0 Å². The Kier molecular flexibility index (Phi) is 5.68. The van der Waals surface area contributed by atoms with Gasteiger partial charge >= 0.3 is 0 Å². The van der Waals surface area contributed by atoms with Crippen LogP contribution in [0, 0.1) is 5.41 Å². The van der Waals surface area contributed by atoms with Crippen molar-refractivity contribution in [3.63, 3.8) is 0 Å². The molecule has 1 fully saturated rings. The first-order chi connectivity index (χ1) is 18.0. The second kappa shape index (κ2) is 8.73. The normalized spacial score (nSPS) is 34.3. The van der Waals surface area contributed by atoms with Gasteiger partial charge in [0.2, 0.25) is 0 Å². The molecule has 0 aromatic heterocycles. The number of allylic oxidation sites excluding steroid dienone is 11. The number of Topliss-reactive ketones (excluding diaryl/α,β-unsaturated/α-hetero) is 1. The first-order valence-electron chi connectivity index (χ1n) is 12.9. The van der Waals surface area contributed by atoms with Crippen LogP contribution in [-0.2, 0) is 9.53 Å². The fourth-order valence-corrected chi connectivity index (χ4v) is 5.61. The highest BCUT2D eigenvalue weighted by atomic mass is 16.5. The number of aliphatic hydroxyl groups excluding tert-OH is 2. The molecule has 8 bridgehead atoms. The number of hydrogen-bond donors (Lipinski definition) is 2. The van der Waals surface area contributed by atoms with Gasteiger partial charge in [0.15, 0.2) is 5.78 Å². The first kappa shape index (κ1) is 24.7. The van der Waals surface area contributed by atoms with Crippen LogP contribution >= 0.6 is 0 Å². The summed E-state index contributed by atoms with van der Waals surface area (Å²) in [6, 6.07) is 0. The third kappa shape index (κ3) is 3.91. The lowest BCUT2D eigenvalue weighted by Gasteiger charge is -2.43. The van der Waals surface area contributed by atoms with E-state index in [1.165, 1.54) is 0 Å². The monoisotopic (exact) mass is 510 g/mol. The molecular weight excluding hydrogens is 480 g/mol. The summed E-state index contributed by atoms with van der Waals surface area (Å²) in [4.78, 5) is 33.1. The summed E-state index contributed by atoms with van der Waals surface area (Å²) in [5, 5.41) is 21.2. The fraction of sp³-hybridized carbons (Fsp3) is 0.367. The van der Waals surface area contributed by atoms with Gasteiger partial charge < -0.3 is 14.9 Å². The molecule has 6 aliphatic rings. The Bertz CT molecular complexity index is 1520. The molecule has 8 heteroatoms. The number of fused-ring (bicyclic) bond motifs is 4. The molecule has 6 aliphatic heterocycles. The highest BCUT2D eigenvalue weighted by Gasteiger charge is 2.55. The molecule has 0 unspecified atom stereocenters. The van der Waals surface area contributed by atoms with E-state index >= 15 is 0 Å². The number of carbonyl (C=O) groups excluding carboxylic acids is 1. The van der Waals surface area contributed by atoms with Crippen molar-refractivity contribution in [2.45, 2.75) is 65.5 Å². The Morgan fingerprint density at radius 2 is 1.45 bits per heavy atom. The van der Waals surface area contributed by atoms with Gasteiger partial charge in [-0.15, -0.1) is 0 Å². The summed E-state index contributed by atoms with van der Waals surface area (Å²) < 4.78 is 6.07. The summed E-state index contributed by atoms with van der Waals surface area (Å²) in [5.41, 5.74) is 6.87. The molecule has 5 atom stereocenters. The second-order valence-corrected chi connectivity index (χ2v) is 10.9. The largest absolute Gasteiger partial charge is 0.390 e. The fourth-order valence-electron chi connectivity index (χ4n) is 5.61. The molecule has 0 amide bonds. The van der Waals surface area contributed by atoms with E-state index in [0.717, 1.165) is 39.5 Å². The number of nitrogens with zero attached hydrogens (tertiary/aromatic N) is 4. The van der Waals surface area contributed by atoms with Crippen molar-refractivity contribution in [1.29, 1.82) is 0 Å². The maximum atomic E-state index is 14.0. The number of rotatable bonds is 1. The number of ketones is 1. The van der Waals surface area contributed by atoms with Crippen LogP contribution in [0.1, 0.15) is 41.0 Å². The molecular formula is C30H30N4O4. The van der Waals surface area contributed by atoms with Crippen LogP contribution in [0.15, 0.2) is 102 Å². The van der Waals surface area contributed by atoms with Gasteiger partial charge in [0, 0.05) is 6.42 Å². The van der Waals surface area contributed by atoms with E-state index in [0.29, 0.717) is 17.1 Å². The average Bonchev–Trinajstić information content (AvgIpc) is 3.55. The third-order valence-electron chi connectivity index (χ3n) is 7.96. The van der Waals surface area contributed by atoms with Gasteiger partial charge in [-0.1, -0.05) is 0 Å². The Hall–Kier alpha value is -3.59. The molecule has 0 aliphatic carbocycles. The van der Waals surface area contributed by atoms with Crippen LogP contribution in [0.4, 0.5) is 0 Å². The predicted molar refractivity (Wildman–Crippen MR) is 147 cm³/mol. The maximum Gasteiger partial charge on any atom is 0.195 e. The van der Waals surface area contributed by atoms with Crippen LogP contribution < -0.4 is 0 Å². The van der Waals surface area contributed by atoms with Crippen molar-refractivity contribution >= 4 is 28.6 Å². The number of ether oxygens (including phenoxy) is 1. The minimum Gasteiger partial charge on any atom is -0.390 e. The SMILES string of the molecule is CC1=CC2=NC1=CC1=NC(=CC3=NC(=CC4=NC(=C2)C(=O)[C@@]4(C)[C@@H]2O[C@H](C)[C@H](O)C[C@H]2O)C=C3C)C=C1C. The van der Waals surface area contributed by atoms with E-state index in [4.69, 9.17) is 24.7 Å². The smallest absolute Gasteiger partial charge is 0.195 e. The summed E-state index contributed by atoms with van der Waals surface area (Å²) >= 11 is 0. The number of carbonyl (C=O) groups is 1. The van der Waals surface area contributed by atoms with Gasteiger partial charge in [0.25, 0.3) is 0 Å². The zero-order valence-corrected chi connectivity index (χ0v) is 22.1. The van der Waals surface area contributed by atoms with Gasteiger partial charge in [-0.2, -0.15) is 0 Å². The van der Waals surface area contributed by atoms with Crippen molar-refractivity contribution in [2.75, 3.05) is 0 Å². The van der Waals surface area contributed by atoms with E-state index < -0.39 is 29.8 Å². The Morgan fingerprint density at radius 1 is 0.789 bits per heavy atom. The summed E-state index contributed by atoms with van der Waals surface area (Å²) in [5.74, 6) is -0.264. The molecule has 38 heavy (non-hydrogen) atoms. The lowest BCUT2D eigenvalue weighted by atomic mass is 9.72. The molecule has 6 heterocycles. The minimum atomic E-state index is -1.28. The van der Waals surface area contributed by atoms with Gasteiger partial charge in [0.05, 0.1) is 58.2 Å². The zero-order chi connectivity index (χ0) is 26.9. The van der Waals surface area contributed by atoms with Gasteiger partial charge in [-0.25, -0.2) is 20.0 Å². The van der Waals surface area contributed by atoms with E-state index in [-0.39, 0.29) is 17.9 Å².